The smallest absolute Gasteiger partial charge is 0.161 e. The Morgan fingerprint density at radius 1 is 1.00 bits per heavy atom. The summed E-state index contributed by atoms with van der Waals surface area (Å²) >= 11 is 0. The van der Waals surface area contributed by atoms with Crippen molar-refractivity contribution in [1.82, 2.24) is 0 Å². The Morgan fingerprint density at radius 2 is 1.71 bits per heavy atom. The Morgan fingerprint density at radius 3 is 2.38 bits per heavy atom. The number of benzene rings is 2. The van der Waals surface area contributed by atoms with Gasteiger partial charge < -0.3 is 21.1 Å². The molecule has 108 valence electrons. The van der Waals surface area contributed by atoms with Crippen LogP contribution in [0.3, 0.4) is 0 Å². The first-order chi connectivity index (χ1) is 10.1. The maximum absolute atomic E-state index is 10.1. The summed E-state index contributed by atoms with van der Waals surface area (Å²) < 4.78 is 0. The molecule has 1 aliphatic carbocycles. The topological polar surface area (TPSA) is 86.7 Å². The predicted molar refractivity (Wildman–Crippen MR) is 81.4 cm³/mol. The van der Waals surface area contributed by atoms with Crippen LogP contribution in [0, 0.1) is 0 Å². The minimum atomic E-state index is -0.114. The van der Waals surface area contributed by atoms with Gasteiger partial charge in [-0.1, -0.05) is 24.3 Å². The highest BCUT2D eigenvalue weighted by atomic mass is 16.3. The van der Waals surface area contributed by atoms with E-state index >= 15 is 0 Å². The fraction of sp³-hybridized carbons (Fsp3) is 0.176. The van der Waals surface area contributed by atoms with Gasteiger partial charge in [-0.3, -0.25) is 0 Å². The highest BCUT2D eigenvalue weighted by Crippen LogP contribution is 2.42. The number of hydrogen-bond acceptors (Lipinski definition) is 4. The van der Waals surface area contributed by atoms with Crippen LogP contribution in [0.15, 0.2) is 42.5 Å². The first-order valence-electron chi connectivity index (χ1n) is 6.84. The van der Waals surface area contributed by atoms with Crippen LogP contribution in [0.5, 0.6) is 17.2 Å². The van der Waals surface area contributed by atoms with Gasteiger partial charge >= 0.3 is 0 Å². The summed E-state index contributed by atoms with van der Waals surface area (Å²) in [7, 11) is 0. The zero-order valence-corrected chi connectivity index (χ0v) is 11.5. The normalized spacial score (nSPS) is 17.2. The molecule has 0 heterocycles. The SMILES string of the molecule is NCC1=CC(c2ccc(O)cc2)Cc2c1ccc(O)c2O. The number of hydrogen-bond donors (Lipinski definition) is 4. The second-order valence-electron chi connectivity index (χ2n) is 5.26. The lowest BCUT2D eigenvalue weighted by Gasteiger charge is -2.25. The number of phenols is 3. The molecule has 5 N–H and O–H groups in total. The van der Waals surface area contributed by atoms with Crippen molar-refractivity contribution in [3.63, 3.8) is 0 Å². The lowest BCUT2D eigenvalue weighted by molar-refractivity contribution is 0.398. The molecule has 1 unspecified atom stereocenters. The third kappa shape index (κ3) is 2.34. The third-order valence-corrected chi connectivity index (χ3v) is 3.97. The summed E-state index contributed by atoms with van der Waals surface area (Å²) in [6.45, 7) is 0.367. The zero-order chi connectivity index (χ0) is 15.0. The van der Waals surface area contributed by atoms with E-state index in [4.69, 9.17) is 5.73 Å². The molecule has 0 spiro atoms. The van der Waals surface area contributed by atoms with Crippen molar-refractivity contribution in [2.24, 2.45) is 5.73 Å². The second-order valence-corrected chi connectivity index (χ2v) is 5.26. The van der Waals surface area contributed by atoms with Crippen molar-refractivity contribution in [3.8, 4) is 17.2 Å². The Kier molecular flexibility index (Phi) is 3.31. The first-order valence-corrected chi connectivity index (χ1v) is 6.84. The van der Waals surface area contributed by atoms with Crippen molar-refractivity contribution in [3.05, 3.63) is 59.2 Å². The maximum Gasteiger partial charge on any atom is 0.161 e. The number of rotatable bonds is 2. The van der Waals surface area contributed by atoms with Gasteiger partial charge in [-0.15, -0.1) is 0 Å². The van der Waals surface area contributed by atoms with E-state index < -0.39 is 0 Å². The lowest BCUT2D eigenvalue weighted by Crippen LogP contribution is -2.14. The number of aromatic hydroxyl groups is 3. The van der Waals surface area contributed by atoms with Crippen molar-refractivity contribution < 1.29 is 15.3 Å². The largest absolute Gasteiger partial charge is 0.508 e. The van der Waals surface area contributed by atoms with E-state index in [1.165, 1.54) is 6.07 Å². The van der Waals surface area contributed by atoms with Gasteiger partial charge in [0.1, 0.15) is 5.75 Å². The fourth-order valence-corrected chi connectivity index (χ4v) is 2.86. The van der Waals surface area contributed by atoms with Crippen LogP contribution in [0.2, 0.25) is 0 Å². The van der Waals surface area contributed by atoms with Gasteiger partial charge in [0.2, 0.25) is 0 Å². The summed E-state index contributed by atoms with van der Waals surface area (Å²) in [5.41, 5.74) is 9.41. The van der Waals surface area contributed by atoms with Crippen LogP contribution in [0.1, 0.15) is 22.6 Å². The number of fused-ring (bicyclic) bond motifs is 1. The molecule has 0 radical (unpaired) electrons. The monoisotopic (exact) mass is 283 g/mol. The molecule has 0 amide bonds. The molecule has 1 aliphatic rings. The van der Waals surface area contributed by atoms with Crippen LogP contribution in [0.4, 0.5) is 0 Å². The van der Waals surface area contributed by atoms with Gasteiger partial charge in [0, 0.05) is 18.0 Å². The molecule has 0 saturated heterocycles. The average molecular weight is 283 g/mol. The minimum absolute atomic E-state index is 0.0596. The zero-order valence-electron chi connectivity index (χ0n) is 11.5. The number of nitrogens with two attached hydrogens (primary N) is 1. The highest BCUT2D eigenvalue weighted by molar-refractivity contribution is 5.76. The van der Waals surface area contributed by atoms with Gasteiger partial charge in [-0.05, 0) is 41.3 Å². The molecule has 0 fully saturated rings. The summed E-state index contributed by atoms with van der Waals surface area (Å²) in [6.07, 6.45) is 2.68. The Balaban J connectivity index is 2.07. The summed E-state index contributed by atoms with van der Waals surface area (Å²) in [4.78, 5) is 0. The number of allylic oxidation sites excluding steroid dienone is 1. The quantitative estimate of drug-likeness (QED) is 0.638. The second kappa shape index (κ2) is 5.14. The molecule has 0 bridgehead atoms. The van der Waals surface area contributed by atoms with Crippen LogP contribution >= 0.6 is 0 Å². The molecular weight excluding hydrogens is 266 g/mol. The van der Waals surface area contributed by atoms with Crippen LogP contribution in [-0.4, -0.2) is 21.9 Å². The Bertz CT molecular complexity index is 705. The molecule has 21 heavy (non-hydrogen) atoms. The molecule has 2 aromatic carbocycles. The molecule has 4 nitrogen and oxygen atoms in total. The van der Waals surface area contributed by atoms with E-state index in [0.717, 1.165) is 22.3 Å². The molecule has 1 atom stereocenters. The predicted octanol–water partition coefficient (Wildman–Crippen LogP) is 2.49. The van der Waals surface area contributed by atoms with E-state index in [2.05, 4.69) is 6.08 Å². The number of phenolic OH excluding ortho intramolecular Hbond substituents is 3. The average Bonchev–Trinajstić information content (AvgIpc) is 2.51. The van der Waals surface area contributed by atoms with E-state index in [1.807, 2.05) is 12.1 Å². The molecule has 0 saturated carbocycles. The van der Waals surface area contributed by atoms with Crippen molar-refractivity contribution in [2.75, 3.05) is 6.54 Å². The summed E-state index contributed by atoms with van der Waals surface area (Å²) in [5, 5.41) is 29.2. The van der Waals surface area contributed by atoms with Gasteiger partial charge in [-0.25, -0.2) is 0 Å². The minimum Gasteiger partial charge on any atom is -0.508 e. The van der Waals surface area contributed by atoms with E-state index in [9.17, 15) is 15.3 Å². The van der Waals surface area contributed by atoms with Crippen molar-refractivity contribution in [1.29, 1.82) is 0 Å². The third-order valence-electron chi connectivity index (χ3n) is 3.97. The van der Waals surface area contributed by atoms with E-state index in [1.54, 1.807) is 18.2 Å². The molecular formula is C17H17NO3. The van der Waals surface area contributed by atoms with Crippen LogP contribution in [-0.2, 0) is 6.42 Å². The first kappa shape index (κ1) is 13.5. The molecule has 4 heteroatoms. The van der Waals surface area contributed by atoms with Gasteiger partial charge in [0.15, 0.2) is 11.5 Å². The van der Waals surface area contributed by atoms with Crippen molar-refractivity contribution >= 4 is 5.57 Å². The van der Waals surface area contributed by atoms with Gasteiger partial charge in [0.05, 0.1) is 0 Å². The highest BCUT2D eigenvalue weighted by Gasteiger charge is 2.24. The molecule has 3 rings (SSSR count). The standard InChI is InChI=1S/C17H17NO3/c18-9-12-7-11(10-1-3-13(19)4-2-10)8-15-14(12)5-6-16(20)17(15)21/h1-7,11,19-21H,8-9,18H2. The summed E-state index contributed by atoms with van der Waals surface area (Å²) in [6, 6.07) is 10.3. The van der Waals surface area contributed by atoms with E-state index in [-0.39, 0.29) is 23.2 Å². The van der Waals surface area contributed by atoms with Gasteiger partial charge in [0.25, 0.3) is 0 Å². The van der Waals surface area contributed by atoms with Crippen molar-refractivity contribution in [2.45, 2.75) is 12.3 Å². The Labute approximate surface area is 122 Å². The van der Waals surface area contributed by atoms with Crippen LogP contribution in [0.25, 0.3) is 5.57 Å². The molecule has 2 aromatic rings. The van der Waals surface area contributed by atoms with Crippen LogP contribution < -0.4 is 5.73 Å². The lowest BCUT2D eigenvalue weighted by atomic mass is 9.80. The van der Waals surface area contributed by atoms with Gasteiger partial charge in [-0.2, -0.15) is 0 Å². The fourth-order valence-electron chi connectivity index (χ4n) is 2.86. The molecule has 0 aromatic heterocycles. The summed E-state index contributed by atoms with van der Waals surface area (Å²) in [5.74, 6) is 0.0923. The Hall–Kier alpha value is -2.46. The maximum atomic E-state index is 10.1. The van der Waals surface area contributed by atoms with E-state index in [0.29, 0.717) is 13.0 Å². The molecule has 0 aliphatic heterocycles.